The molecule has 0 saturated heterocycles. The second-order valence-electron chi connectivity index (χ2n) is 3.73. The topological polar surface area (TPSA) is 52.4 Å². The Bertz CT molecular complexity index is 619. The van der Waals surface area contributed by atoms with Gasteiger partial charge in [-0.2, -0.15) is 0 Å². The summed E-state index contributed by atoms with van der Waals surface area (Å²) in [6, 6.07) is 11.5. The molecule has 0 spiro atoms. The Balaban J connectivity index is 2.34. The van der Waals surface area contributed by atoms with Gasteiger partial charge in [-0.3, -0.25) is 10.1 Å². The van der Waals surface area contributed by atoms with Gasteiger partial charge in [0, 0.05) is 11.4 Å². The predicted molar refractivity (Wildman–Crippen MR) is 77.3 cm³/mol. The Labute approximate surface area is 123 Å². The lowest BCUT2D eigenvalue weighted by atomic mass is 10.2. The van der Waals surface area contributed by atoms with E-state index in [1.54, 1.807) is 24.3 Å². The Morgan fingerprint density at radius 2 is 1.95 bits per heavy atom. The highest BCUT2D eigenvalue weighted by Gasteiger charge is 2.15. The first-order chi connectivity index (χ1) is 9.11. The lowest BCUT2D eigenvalue weighted by Gasteiger charge is -2.08. The molecule has 0 amide bonds. The third kappa shape index (κ3) is 3.24. The number of hydrogen-bond donors (Lipinski definition) is 0. The van der Waals surface area contributed by atoms with E-state index in [0.717, 1.165) is 5.56 Å². The van der Waals surface area contributed by atoms with Gasteiger partial charge in [-0.05, 0) is 23.8 Å². The van der Waals surface area contributed by atoms with Crippen LogP contribution in [0.2, 0.25) is 5.02 Å². The molecular formula is C13H9BrClNO3. The summed E-state index contributed by atoms with van der Waals surface area (Å²) in [5.41, 5.74) is 0.906. The molecule has 6 heteroatoms. The number of nitro groups is 1. The molecule has 0 aromatic heterocycles. The normalized spacial score (nSPS) is 10.2. The average Bonchev–Trinajstić information content (AvgIpc) is 2.41. The summed E-state index contributed by atoms with van der Waals surface area (Å²) in [6.07, 6.45) is 0. The van der Waals surface area contributed by atoms with Gasteiger partial charge in [0.1, 0.15) is 5.75 Å². The van der Waals surface area contributed by atoms with Crippen LogP contribution in [0.4, 0.5) is 5.69 Å². The Kier molecular flexibility index (Phi) is 4.39. The fourth-order valence-corrected chi connectivity index (χ4v) is 2.11. The van der Waals surface area contributed by atoms with Crippen molar-refractivity contribution in [3.8, 4) is 11.5 Å². The van der Waals surface area contributed by atoms with Crippen LogP contribution in [0.3, 0.4) is 0 Å². The zero-order valence-corrected chi connectivity index (χ0v) is 12.0. The first kappa shape index (κ1) is 13.8. The van der Waals surface area contributed by atoms with Crippen molar-refractivity contribution < 1.29 is 9.66 Å². The Morgan fingerprint density at radius 3 is 2.58 bits per heavy atom. The molecule has 0 fully saturated rings. The summed E-state index contributed by atoms with van der Waals surface area (Å²) in [5, 5.41) is 12.0. The number of hydrogen-bond acceptors (Lipinski definition) is 3. The van der Waals surface area contributed by atoms with Crippen LogP contribution in [0.1, 0.15) is 5.56 Å². The standard InChI is InChI=1S/C13H9BrClNO3/c14-8-9-5-6-12(10(15)7-9)19-13-4-2-1-3-11(13)16(17)18/h1-7H,8H2. The van der Waals surface area contributed by atoms with E-state index in [4.69, 9.17) is 16.3 Å². The minimum atomic E-state index is -0.490. The molecule has 0 aliphatic carbocycles. The molecule has 0 bridgehead atoms. The van der Waals surface area contributed by atoms with Crippen LogP contribution < -0.4 is 4.74 Å². The molecule has 2 rings (SSSR count). The third-order valence-corrected chi connectivity index (χ3v) is 3.38. The maximum absolute atomic E-state index is 10.9. The summed E-state index contributed by atoms with van der Waals surface area (Å²) in [5.74, 6) is 0.557. The van der Waals surface area contributed by atoms with Crippen LogP contribution in [0.5, 0.6) is 11.5 Å². The van der Waals surface area contributed by atoms with E-state index < -0.39 is 4.92 Å². The molecule has 2 aromatic carbocycles. The summed E-state index contributed by atoms with van der Waals surface area (Å²) in [4.78, 5) is 10.4. The lowest BCUT2D eigenvalue weighted by Crippen LogP contribution is -1.93. The highest BCUT2D eigenvalue weighted by atomic mass is 79.9. The molecule has 2 aromatic rings. The molecule has 0 N–H and O–H groups in total. The molecule has 0 heterocycles. The molecule has 0 atom stereocenters. The van der Waals surface area contributed by atoms with Crippen molar-refractivity contribution >= 4 is 33.2 Å². The highest BCUT2D eigenvalue weighted by molar-refractivity contribution is 9.08. The molecular weight excluding hydrogens is 334 g/mol. The van der Waals surface area contributed by atoms with Crippen molar-refractivity contribution in [2.45, 2.75) is 5.33 Å². The lowest BCUT2D eigenvalue weighted by molar-refractivity contribution is -0.385. The number of benzene rings is 2. The van der Waals surface area contributed by atoms with E-state index >= 15 is 0 Å². The molecule has 0 radical (unpaired) electrons. The van der Waals surface area contributed by atoms with Gasteiger partial charge in [0.2, 0.25) is 5.75 Å². The van der Waals surface area contributed by atoms with E-state index in [2.05, 4.69) is 15.9 Å². The summed E-state index contributed by atoms with van der Waals surface area (Å²) in [7, 11) is 0. The number of halogens is 2. The molecule has 0 aliphatic heterocycles. The smallest absolute Gasteiger partial charge is 0.311 e. The highest BCUT2D eigenvalue weighted by Crippen LogP contribution is 2.35. The van der Waals surface area contributed by atoms with E-state index in [9.17, 15) is 10.1 Å². The first-order valence-electron chi connectivity index (χ1n) is 5.37. The van der Waals surface area contributed by atoms with E-state index in [1.807, 2.05) is 6.07 Å². The number of nitro benzene ring substituents is 1. The molecule has 98 valence electrons. The van der Waals surface area contributed by atoms with Gasteiger partial charge >= 0.3 is 5.69 Å². The van der Waals surface area contributed by atoms with E-state index in [0.29, 0.717) is 16.1 Å². The number of rotatable bonds is 4. The molecule has 4 nitrogen and oxygen atoms in total. The first-order valence-corrected chi connectivity index (χ1v) is 6.87. The monoisotopic (exact) mass is 341 g/mol. The zero-order valence-electron chi connectivity index (χ0n) is 9.68. The van der Waals surface area contributed by atoms with Crippen molar-refractivity contribution in [2.24, 2.45) is 0 Å². The largest absolute Gasteiger partial charge is 0.449 e. The van der Waals surface area contributed by atoms with Crippen molar-refractivity contribution in [2.75, 3.05) is 0 Å². The van der Waals surface area contributed by atoms with Crippen LogP contribution in [0.25, 0.3) is 0 Å². The third-order valence-electron chi connectivity index (χ3n) is 2.43. The second kappa shape index (κ2) is 6.04. The average molecular weight is 343 g/mol. The fraction of sp³-hybridized carbons (Fsp3) is 0.0769. The van der Waals surface area contributed by atoms with Crippen molar-refractivity contribution in [1.29, 1.82) is 0 Å². The maximum atomic E-state index is 10.9. The van der Waals surface area contributed by atoms with Crippen LogP contribution in [0.15, 0.2) is 42.5 Å². The second-order valence-corrected chi connectivity index (χ2v) is 4.69. The number of para-hydroxylation sites is 2. The Morgan fingerprint density at radius 1 is 1.21 bits per heavy atom. The van der Waals surface area contributed by atoms with Crippen molar-refractivity contribution in [3.05, 3.63) is 63.2 Å². The van der Waals surface area contributed by atoms with Crippen LogP contribution in [-0.2, 0) is 5.33 Å². The number of ether oxygens (including phenoxy) is 1. The van der Waals surface area contributed by atoms with E-state index in [-0.39, 0.29) is 11.4 Å². The van der Waals surface area contributed by atoms with Crippen LogP contribution >= 0.6 is 27.5 Å². The maximum Gasteiger partial charge on any atom is 0.311 e. The van der Waals surface area contributed by atoms with Crippen LogP contribution in [0, 0.1) is 10.1 Å². The molecule has 0 aliphatic rings. The van der Waals surface area contributed by atoms with Crippen molar-refractivity contribution in [3.63, 3.8) is 0 Å². The summed E-state index contributed by atoms with van der Waals surface area (Å²) < 4.78 is 5.51. The van der Waals surface area contributed by atoms with Gasteiger partial charge in [-0.1, -0.05) is 45.7 Å². The molecule has 19 heavy (non-hydrogen) atoms. The van der Waals surface area contributed by atoms with Crippen molar-refractivity contribution in [1.82, 2.24) is 0 Å². The SMILES string of the molecule is O=[N+]([O-])c1ccccc1Oc1ccc(CBr)cc1Cl. The van der Waals surface area contributed by atoms with Gasteiger partial charge in [0.05, 0.1) is 9.95 Å². The minimum Gasteiger partial charge on any atom is -0.449 e. The molecule has 0 unspecified atom stereocenters. The Hall–Kier alpha value is -1.59. The molecule has 0 saturated carbocycles. The quantitative estimate of drug-likeness (QED) is 0.449. The fourth-order valence-electron chi connectivity index (χ4n) is 1.52. The zero-order chi connectivity index (χ0) is 13.8. The minimum absolute atomic E-state index is 0.0943. The van der Waals surface area contributed by atoms with Gasteiger partial charge in [-0.15, -0.1) is 0 Å². The van der Waals surface area contributed by atoms with Crippen LogP contribution in [-0.4, -0.2) is 4.92 Å². The van der Waals surface area contributed by atoms with Gasteiger partial charge in [-0.25, -0.2) is 0 Å². The summed E-state index contributed by atoms with van der Waals surface area (Å²) in [6.45, 7) is 0. The van der Waals surface area contributed by atoms with E-state index in [1.165, 1.54) is 12.1 Å². The van der Waals surface area contributed by atoms with Gasteiger partial charge in [0.15, 0.2) is 0 Å². The number of nitrogens with zero attached hydrogens (tertiary/aromatic N) is 1. The summed E-state index contributed by atoms with van der Waals surface area (Å²) >= 11 is 9.40. The number of alkyl halides is 1. The van der Waals surface area contributed by atoms with Gasteiger partial charge in [0.25, 0.3) is 0 Å². The predicted octanol–water partition coefficient (Wildman–Crippen LogP) is 4.94. The van der Waals surface area contributed by atoms with Gasteiger partial charge < -0.3 is 4.74 Å².